The monoisotopic (exact) mass is 716 g/mol. The van der Waals surface area contributed by atoms with Crippen LogP contribution in [0.2, 0.25) is 0 Å². The Morgan fingerprint density at radius 2 is 1.28 bits per heavy atom. The van der Waals surface area contributed by atoms with E-state index < -0.39 is 18.0 Å². The van der Waals surface area contributed by atoms with E-state index in [1.54, 1.807) is 12.2 Å². The van der Waals surface area contributed by atoms with Crippen molar-refractivity contribution in [2.45, 2.75) is 83.7 Å². The lowest BCUT2D eigenvalue weighted by atomic mass is 10.0. The van der Waals surface area contributed by atoms with Gasteiger partial charge in [0.25, 0.3) is 0 Å². The number of rotatable bonds is 20. The van der Waals surface area contributed by atoms with E-state index in [2.05, 4.69) is 22.4 Å². The largest absolute Gasteiger partial charge is 0.478 e. The fourth-order valence-electron chi connectivity index (χ4n) is 6.16. The zero-order valence-corrected chi connectivity index (χ0v) is 30.2. The maximum Gasteiger partial charge on any atom is 0.348 e. The van der Waals surface area contributed by atoms with Crippen LogP contribution in [0.3, 0.4) is 0 Å². The van der Waals surface area contributed by atoms with Crippen molar-refractivity contribution in [2.24, 2.45) is 5.16 Å². The molecule has 1 atom stereocenters. The predicted octanol–water partition coefficient (Wildman–Crippen LogP) is 9.14. The molecule has 5 rings (SSSR count). The molecule has 0 saturated heterocycles. The van der Waals surface area contributed by atoms with Crippen LogP contribution in [-0.4, -0.2) is 56.4 Å². The predicted molar refractivity (Wildman–Crippen MR) is 209 cm³/mol. The Kier molecular flexibility index (Phi) is 14.3. The summed E-state index contributed by atoms with van der Waals surface area (Å²) in [6, 6.07) is 22.9. The molecule has 10 heteroatoms. The van der Waals surface area contributed by atoms with E-state index in [4.69, 9.17) is 14.9 Å². The highest BCUT2D eigenvalue weighted by Crippen LogP contribution is 2.34. The Hall–Kier alpha value is -5.77. The molecule has 1 aliphatic rings. The molecule has 10 nitrogen and oxygen atoms in total. The lowest BCUT2D eigenvalue weighted by Gasteiger charge is -2.05. The van der Waals surface area contributed by atoms with Crippen molar-refractivity contribution < 1.29 is 29.4 Å². The number of oxime groups is 1. The number of carboxylic acids is 2. The van der Waals surface area contributed by atoms with Crippen LogP contribution in [0.5, 0.6) is 0 Å². The van der Waals surface area contributed by atoms with E-state index in [9.17, 15) is 19.5 Å². The van der Waals surface area contributed by atoms with Crippen molar-refractivity contribution in [1.82, 2.24) is 15.3 Å². The number of carboxylic acid groups (broad SMARTS) is 2. The number of aromatic amines is 1. The molecule has 53 heavy (non-hydrogen) atoms. The fourth-order valence-corrected chi connectivity index (χ4v) is 6.16. The average Bonchev–Trinajstić information content (AvgIpc) is 3.85. The summed E-state index contributed by atoms with van der Waals surface area (Å²) in [5, 5.41) is 25.2. The Labute approximate surface area is 310 Å². The molecule has 0 aliphatic carbocycles. The summed E-state index contributed by atoms with van der Waals surface area (Å²) in [6.45, 7) is 2.92. The standard InChI is InChI=1S/C43H48N4O6/c1-2-3-4-5-6-7-8-9-10-11-28-44-38(48)26-16-30-12-18-33(19-13-30)40-41(34-20-14-31(15-21-34)17-27-39(49)50)46-42(45-40)35-24-22-32(23-25-35)36-29-37(43(51)52)53-47-36/h12-27,37H,2-11,28-29H2,1H3,(H,44,48)(H,45,46)(H,49,50)(H,51,52)/b26-16?,27-17+. The third-order valence-electron chi connectivity index (χ3n) is 9.20. The molecule has 0 saturated carbocycles. The first-order valence-corrected chi connectivity index (χ1v) is 18.5. The van der Waals surface area contributed by atoms with Gasteiger partial charge in [-0.3, -0.25) is 4.79 Å². The van der Waals surface area contributed by atoms with Gasteiger partial charge in [-0.25, -0.2) is 14.6 Å². The summed E-state index contributed by atoms with van der Waals surface area (Å²) in [7, 11) is 0. The quantitative estimate of drug-likeness (QED) is 0.0525. The molecule has 0 spiro atoms. The molecule has 276 valence electrons. The number of aromatic nitrogens is 2. The van der Waals surface area contributed by atoms with Crippen LogP contribution in [-0.2, 0) is 19.2 Å². The second kappa shape index (κ2) is 19.7. The highest BCUT2D eigenvalue weighted by molar-refractivity contribution is 6.03. The molecule has 3 aromatic carbocycles. The zero-order chi connectivity index (χ0) is 37.4. The van der Waals surface area contributed by atoms with E-state index in [0.29, 0.717) is 18.1 Å². The number of aliphatic carboxylic acids is 2. The molecular weight excluding hydrogens is 668 g/mol. The van der Waals surface area contributed by atoms with Gasteiger partial charge in [0.15, 0.2) is 0 Å². The molecule has 1 aliphatic heterocycles. The van der Waals surface area contributed by atoms with Crippen molar-refractivity contribution in [1.29, 1.82) is 0 Å². The molecule has 1 unspecified atom stereocenters. The van der Waals surface area contributed by atoms with Crippen LogP contribution in [0.4, 0.5) is 0 Å². The number of carbonyl (C=O) groups is 3. The van der Waals surface area contributed by atoms with E-state index in [1.807, 2.05) is 72.8 Å². The minimum Gasteiger partial charge on any atom is -0.478 e. The van der Waals surface area contributed by atoms with Crippen LogP contribution in [0.25, 0.3) is 46.1 Å². The number of hydrogen-bond acceptors (Lipinski definition) is 6. The van der Waals surface area contributed by atoms with Crippen LogP contribution in [0.1, 0.15) is 94.2 Å². The first-order valence-electron chi connectivity index (χ1n) is 18.5. The number of amides is 1. The average molecular weight is 717 g/mol. The minimum atomic E-state index is -1.05. The Balaban J connectivity index is 1.24. The minimum absolute atomic E-state index is 0.105. The van der Waals surface area contributed by atoms with E-state index >= 15 is 0 Å². The number of imidazole rings is 1. The molecule has 1 amide bonds. The number of nitrogens with zero attached hydrogens (tertiary/aromatic N) is 2. The number of H-pyrrole nitrogens is 1. The molecule has 0 fully saturated rings. The van der Waals surface area contributed by atoms with E-state index in [1.165, 1.54) is 57.4 Å². The number of nitrogens with one attached hydrogen (secondary N) is 2. The third kappa shape index (κ3) is 11.6. The first-order chi connectivity index (χ1) is 25.8. The van der Waals surface area contributed by atoms with Gasteiger partial charge < -0.3 is 25.4 Å². The van der Waals surface area contributed by atoms with Crippen LogP contribution < -0.4 is 5.32 Å². The highest BCUT2D eigenvalue weighted by Gasteiger charge is 2.28. The first kappa shape index (κ1) is 38.5. The molecule has 0 radical (unpaired) electrons. The second-order valence-corrected chi connectivity index (χ2v) is 13.3. The Morgan fingerprint density at radius 1 is 0.736 bits per heavy atom. The number of hydrogen-bond donors (Lipinski definition) is 4. The topological polar surface area (TPSA) is 154 Å². The van der Waals surface area contributed by atoms with Gasteiger partial charge in [0.05, 0.1) is 17.1 Å². The number of unbranched alkanes of at least 4 members (excludes halogenated alkanes) is 9. The van der Waals surface area contributed by atoms with Gasteiger partial charge in [-0.05, 0) is 35.3 Å². The molecular formula is C43H48N4O6. The van der Waals surface area contributed by atoms with E-state index in [0.717, 1.165) is 63.7 Å². The summed E-state index contributed by atoms with van der Waals surface area (Å²) >= 11 is 0. The van der Waals surface area contributed by atoms with E-state index in [-0.39, 0.29) is 12.3 Å². The maximum atomic E-state index is 12.5. The number of carbonyl (C=O) groups excluding carboxylic acids is 1. The fraction of sp³-hybridized carbons (Fsp3) is 0.326. The summed E-state index contributed by atoms with van der Waals surface area (Å²) in [6.07, 6.45) is 17.8. The zero-order valence-electron chi connectivity index (χ0n) is 30.2. The van der Waals surface area contributed by atoms with Crippen LogP contribution in [0.15, 0.2) is 90.1 Å². The van der Waals surface area contributed by atoms with Crippen molar-refractivity contribution in [3.63, 3.8) is 0 Å². The number of benzene rings is 3. The molecule has 4 aromatic rings. The van der Waals surface area contributed by atoms with Crippen molar-refractivity contribution in [3.05, 3.63) is 102 Å². The summed E-state index contributed by atoms with van der Waals surface area (Å²) in [5.41, 5.74) is 7.03. The lowest BCUT2D eigenvalue weighted by molar-refractivity contribution is -0.148. The highest BCUT2D eigenvalue weighted by atomic mass is 16.7. The summed E-state index contributed by atoms with van der Waals surface area (Å²) < 4.78 is 0. The van der Waals surface area contributed by atoms with Gasteiger partial charge in [-0.2, -0.15) is 0 Å². The molecule has 2 heterocycles. The van der Waals surface area contributed by atoms with Crippen LogP contribution >= 0.6 is 0 Å². The van der Waals surface area contributed by atoms with Gasteiger partial charge in [0.1, 0.15) is 5.82 Å². The van der Waals surface area contributed by atoms with Crippen molar-refractivity contribution >= 4 is 35.7 Å². The lowest BCUT2D eigenvalue weighted by Crippen LogP contribution is -2.21. The summed E-state index contributed by atoms with van der Waals surface area (Å²) in [4.78, 5) is 48.2. The Morgan fingerprint density at radius 3 is 1.87 bits per heavy atom. The normalized spacial score (nSPS) is 14.1. The Bertz CT molecular complexity index is 1910. The smallest absolute Gasteiger partial charge is 0.348 e. The van der Waals surface area contributed by atoms with Crippen LogP contribution in [0, 0.1) is 0 Å². The van der Waals surface area contributed by atoms with Gasteiger partial charge in [0, 0.05) is 41.8 Å². The van der Waals surface area contributed by atoms with Gasteiger partial charge in [0.2, 0.25) is 12.0 Å². The molecule has 1 aromatic heterocycles. The SMILES string of the molecule is CCCCCCCCCCCCNC(=O)C=Cc1ccc(-c2nc(-c3ccc(C4=NOC(C(=O)O)C4)cc3)[nH]c2-c2ccc(/C=C/C(=O)O)cc2)cc1. The van der Waals surface area contributed by atoms with Crippen molar-refractivity contribution in [3.8, 4) is 33.9 Å². The van der Waals surface area contributed by atoms with Gasteiger partial charge in [-0.15, -0.1) is 0 Å². The maximum absolute atomic E-state index is 12.5. The second-order valence-electron chi connectivity index (χ2n) is 13.3. The van der Waals surface area contributed by atoms with Crippen molar-refractivity contribution in [2.75, 3.05) is 6.54 Å². The third-order valence-corrected chi connectivity index (χ3v) is 9.20. The van der Waals surface area contributed by atoms with Gasteiger partial charge >= 0.3 is 11.9 Å². The molecule has 4 N–H and O–H groups in total. The van der Waals surface area contributed by atoms with Gasteiger partial charge in [-0.1, -0.05) is 143 Å². The molecule has 0 bridgehead atoms. The summed E-state index contributed by atoms with van der Waals surface area (Å²) in [5.74, 6) is -1.54.